The van der Waals surface area contributed by atoms with Gasteiger partial charge in [0.15, 0.2) is 5.82 Å². The summed E-state index contributed by atoms with van der Waals surface area (Å²) in [6.45, 7) is 10.3. The molecule has 0 saturated carbocycles. The third-order valence-corrected chi connectivity index (χ3v) is 8.26. The van der Waals surface area contributed by atoms with Gasteiger partial charge in [-0.05, 0) is 73.4 Å². The molecule has 0 bridgehead atoms. The molecule has 186 valence electrons. The highest BCUT2D eigenvalue weighted by atomic mass is 32.2. The average molecular weight is 487 g/mol. The quantitative estimate of drug-likeness (QED) is 0.547. The Morgan fingerprint density at radius 3 is 2.44 bits per heavy atom. The molecule has 0 unspecified atom stereocenters. The van der Waals surface area contributed by atoms with Crippen LogP contribution in [-0.4, -0.2) is 55.4 Å². The normalized spacial score (nSPS) is 18.1. The van der Waals surface area contributed by atoms with E-state index in [0.717, 1.165) is 54.7 Å². The molecule has 1 saturated heterocycles. The third-order valence-electron chi connectivity index (χ3n) is 7.01. The zero-order valence-electron chi connectivity index (χ0n) is 21.0. The van der Waals surface area contributed by atoms with Crippen LogP contribution < -0.4 is 9.64 Å². The van der Waals surface area contributed by atoms with Crippen molar-refractivity contribution in [1.29, 1.82) is 0 Å². The summed E-state index contributed by atoms with van der Waals surface area (Å²) in [6.07, 6.45) is 6.59. The van der Waals surface area contributed by atoms with Gasteiger partial charge >= 0.3 is 0 Å². The molecule has 0 N–H and O–H groups in total. The number of benzene rings is 1. The Hall–Kier alpha value is -2.19. The molecule has 34 heavy (non-hydrogen) atoms. The second-order valence-electron chi connectivity index (χ2n) is 10.7. The summed E-state index contributed by atoms with van der Waals surface area (Å²) >= 11 is 0. The molecule has 0 spiro atoms. The maximum Gasteiger partial charge on any atom is 0.211 e. The fourth-order valence-electron chi connectivity index (χ4n) is 4.78. The van der Waals surface area contributed by atoms with Crippen LogP contribution in [0.1, 0.15) is 63.3 Å². The standard InChI is InChI=1S/C26H38N4O3S/c1-26(2,3)24-9-10-25(28-27-24)29-14-11-20(12-15-29)6-5-17-33-23-8-7-22-19-30(34(4,31)32)16-13-21(22)18-23/h7-10,18,20H,5-6,11-17,19H2,1-4H3. The Labute approximate surface area is 204 Å². The van der Waals surface area contributed by atoms with Crippen molar-refractivity contribution in [3.05, 3.63) is 47.2 Å². The number of rotatable bonds is 7. The van der Waals surface area contributed by atoms with Crippen molar-refractivity contribution in [2.24, 2.45) is 5.92 Å². The van der Waals surface area contributed by atoms with Crippen LogP contribution >= 0.6 is 0 Å². The molecule has 0 atom stereocenters. The summed E-state index contributed by atoms with van der Waals surface area (Å²) in [7, 11) is -3.14. The van der Waals surface area contributed by atoms with E-state index in [1.807, 2.05) is 12.1 Å². The molecule has 1 aromatic heterocycles. The van der Waals surface area contributed by atoms with Crippen LogP contribution in [0.5, 0.6) is 5.75 Å². The maximum atomic E-state index is 11.8. The zero-order chi connectivity index (χ0) is 24.3. The first kappa shape index (κ1) is 24.9. The van der Waals surface area contributed by atoms with Crippen LogP contribution in [0.3, 0.4) is 0 Å². The van der Waals surface area contributed by atoms with Gasteiger partial charge in [-0.25, -0.2) is 8.42 Å². The molecule has 3 heterocycles. The Balaban J connectivity index is 1.18. The molecular weight excluding hydrogens is 448 g/mol. The monoisotopic (exact) mass is 486 g/mol. The summed E-state index contributed by atoms with van der Waals surface area (Å²) in [5.41, 5.74) is 3.33. The predicted molar refractivity (Wildman–Crippen MR) is 136 cm³/mol. The Kier molecular flexibility index (Phi) is 7.48. The van der Waals surface area contributed by atoms with Crippen molar-refractivity contribution < 1.29 is 13.2 Å². The van der Waals surface area contributed by atoms with Gasteiger partial charge in [0.05, 0.1) is 18.6 Å². The molecule has 4 rings (SSSR count). The highest BCUT2D eigenvalue weighted by molar-refractivity contribution is 7.88. The van der Waals surface area contributed by atoms with Crippen LogP contribution in [-0.2, 0) is 28.4 Å². The van der Waals surface area contributed by atoms with Gasteiger partial charge in [0.1, 0.15) is 5.75 Å². The molecule has 2 aliphatic heterocycles. The van der Waals surface area contributed by atoms with E-state index in [-0.39, 0.29) is 5.41 Å². The topological polar surface area (TPSA) is 75.6 Å². The minimum Gasteiger partial charge on any atom is -0.494 e. The maximum absolute atomic E-state index is 11.8. The predicted octanol–water partition coefficient (Wildman–Crippen LogP) is 4.17. The van der Waals surface area contributed by atoms with Gasteiger partial charge in [0, 0.05) is 31.6 Å². The molecule has 2 aliphatic rings. The second kappa shape index (κ2) is 10.2. The summed E-state index contributed by atoms with van der Waals surface area (Å²) in [5.74, 6) is 2.60. The van der Waals surface area contributed by atoms with Crippen LogP contribution in [0.25, 0.3) is 0 Å². The number of hydrogen-bond donors (Lipinski definition) is 0. The Morgan fingerprint density at radius 1 is 1.03 bits per heavy atom. The lowest BCUT2D eigenvalue weighted by Crippen LogP contribution is -2.35. The average Bonchev–Trinajstić information content (AvgIpc) is 2.81. The van der Waals surface area contributed by atoms with Crippen LogP contribution in [0.4, 0.5) is 5.82 Å². The summed E-state index contributed by atoms with van der Waals surface area (Å²) < 4.78 is 31.2. The molecular formula is C26H38N4O3S. The van der Waals surface area contributed by atoms with Gasteiger partial charge in [-0.2, -0.15) is 9.40 Å². The molecule has 1 aromatic carbocycles. The number of anilines is 1. The van der Waals surface area contributed by atoms with Gasteiger partial charge in [-0.15, -0.1) is 5.10 Å². The van der Waals surface area contributed by atoms with Gasteiger partial charge in [-0.3, -0.25) is 0 Å². The zero-order valence-corrected chi connectivity index (χ0v) is 21.8. The number of ether oxygens (including phenoxy) is 1. The molecule has 0 radical (unpaired) electrons. The van der Waals surface area contributed by atoms with Gasteiger partial charge < -0.3 is 9.64 Å². The van der Waals surface area contributed by atoms with E-state index in [1.54, 1.807) is 0 Å². The Morgan fingerprint density at radius 2 is 1.79 bits per heavy atom. The summed E-state index contributed by atoms with van der Waals surface area (Å²) in [5, 5.41) is 8.91. The van der Waals surface area contributed by atoms with Gasteiger partial charge in [-0.1, -0.05) is 26.8 Å². The van der Waals surface area contributed by atoms with Crippen LogP contribution in [0, 0.1) is 5.92 Å². The molecule has 8 heteroatoms. The third kappa shape index (κ3) is 6.27. The van der Waals surface area contributed by atoms with E-state index < -0.39 is 10.0 Å². The first-order chi connectivity index (χ1) is 16.1. The Bertz CT molecular complexity index is 1070. The number of sulfonamides is 1. The first-order valence-electron chi connectivity index (χ1n) is 12.4. The van der Waals surface area contributed by atoms with Crippen molar-refractivity contribution >= 4 is 15.8 Å². The molecule has 0 aliphatic carbocycles. The van der Waals surface area contributed by atoms with Crippen molar-refractivity contribution in [2.45, 2.75) is 64.8 Å². The smallest absolute Gasteiger partial charge is 0.211 e. The van der Waals surface area contributed by atoms with E-state index in [2.05, 4.69) is 54.1 Å². The molecule has 7 nitrogen and oxygen atoms in total. The van der Waals surface area contributed by atoms with E-state index in [4.69, 9.17) is 4.74 Å². The lowest BCUT2D eigenvalue weighted by atomic mass is 9.91. The van der Waals surface area contributed by atoms with Gasteiger partial charge in [0.2, 0.25) is 10.0 Å². The number of aromatic nitrogens is 2. The second-order valence-corrected chi connectivity index (χ2v) is 12.7. The number of piperidine rings is 1. The van der Waals surface area contributed by atoms with E-state index in [0.29, 0.717) is 19.7 Å². The van der Waals surface area contributed by atoms with Crippen molar-refractivity contribution in [3.63, 3.8) is 0 Å². The first-order valence-corrected chi connectivity index (χ1v) is 14.2. The van der Waals surface area contributed by atoms with E-state index in [9.17, 15) is 8.42 Å². The minimum atomic E-state index is -3.14. The lowest BCUT2D eigenvalue weighted by molar-refractivity contribution is 0.278. The van der Waals surface area contributed by atoms with E-state index >= 15 is 0 Å². The largest absolute Gasteiger partial charge is 0.494 e. The minimum absolute atomic E-state index is 0.0269. The number of nitrogens with zero attached hydrogens (tertiary/aromatic N) is 4. The molecule has 1 fully saturated rings. The van der Waals surface area contributed by atoms with Crippen molar-refractivity contribution in [1.82, 2.24) is 14.5 Å². The SMILES string of the molecule is CC(C)(C)c1ccc(N2CCC(CCCOc3ccc4c(c3)CCN(S(C)(=O)=O)C4)CC2)nn1. The molecule has 2 aromatic rings. The summed E-state index contributed by atoms with van der Waals surface area (Å²) in [6, 6.07) is 10.3. The van der Waals surface area contributed by atoms with Crippen molar-refractivity contribution in [2.75, 3.05) is 37.4 Å². The highest BCUT2D eigenvalue weighted by Crippen LogP contribution is 2.28. The number of hydrogen-bond acceptors (Lipinski definition) is 6. The summed E-state index contributed by atoms with van der Waals surface area (Å²) in [4.78, 5) is 2.35. The van der Waals surface area contributed by atoms with Crippen molar-refractivity contribution in [3.8, 4) is 5.75 Å². The van der Waals surface area contributed by atoms with Crippen LogP contribution in [0.2, 0.25) is 0 Å². The van der Waals surface area contributed by atoms with Gasteiger partial charge in [0.25, 0.3) is 0 Å². The highest BCUT2D eigenvalue weighted by Gasteiger charge is 2.24. The fourth-order valence-corrected chi connectivity index (χ4v) is 5.58. The fraction of sp³-hybridized carbons (Fsp3) is 0.615. The number of fused-ring (bicyclic) bond motifs is 1. The van der Waals surface area contributed by atoms with E-state index in [1.165, 1.54) is 35.4 Å². The molecule has 0 amide bonds. The lowest BCUT2D eigenvalue weighted by Gasteiger charge is -2.32. The van der Waals surface area contributed by atoms with Crippen LogP contribution in [0.15, 0.2) is 30.3 Å².